The molecule has 0 atom stereocenters. The summed E-state index contributed by atoms with van der Waals surface area (Å²) in [5.41, 5.74) is 10.4. The molecule has 0 radical (unpaired) electrons. The van der Waals surface area contributed by atoms with Crippen molar-refractivity contribution in [1.29, 1.82) is 0 Å². The minimum Gasteiger partial charge on any atom is -0.497 e. The highest BCUT2D eigenvalue weighted by Crippen LogP contribution is 2.31. The number of hydrogen-bond donors (Lipinski definition) is 1. The summed E-state index contributed by atoms with van der Waals surface area (Å²) < 4.78 is 5.32. The van der Waals surface area contributed by atoms with Gasteiger partial charge in [-0.05, 0) is 40.8 Å². The molecule has 0 aliphatic rings. The lowest BCUT2D eigenvalue weighted by Gasteiger charge is -2.09. The van der Waals surface area contributed by atoms with Crippen LogP contribution in [0, 0.1) is 0 Å². The third-order valence-corrected chi connectivity index (χ3v) is 4.33. The number of nitrogen functional groups attached to an aromatic ring is 1. The quantitative estimate of drug-likeness (QED) is 0.566. The largest absolute Gasteiger partial charge is 0.497 e. The maximum Gasteiger partial charge on any atom is 0.131 e. The van der Waals surface area contributed by atoms with Gasteiger partial charge in [0.05, 0.1) is 12.8 Å². The molecule has 4 aromatic rings. The number of nitrogens with zero attached hydrogens (tertiary/aromatic N) is 1. The van der Waals surface area contributed by atoms with Crippen LogP contribution in [0.1, 0.15) is 0 Å². The number of methoxy groups -OCH3 is 1. The van der Waals surface area contributed by atoms with E-state index in [9.17, 15) is 0 Å². The Kier molecular flexibility index (Phi) is 3.82. The molecule has 0 aliphatic carbocycles. The Bertz CT molecular complexity index is 1040. The van der Waals surface area contributed by atoms with Crippen LogP contribution in [0.15, 0.2) is 78.9 Å². The Balaban J connectivity index is 1.83. The predicted molar refractivity (Wildman–Crippen MR) is 104 cm³/mol. The van der Waals surface area contributed by atoms with Gasteiger partial charge in [0.15, 0.2) is 0 Å². The summed E-state index contributed by atoms with van der Waals surface area (Å²) in [4.78, 5) is 4.59. The van der Waals surface area contributed by atoms with Crippen LogP contribution >= 0.6 is 0 Å². The fourth-order valence-electron chi connectivity index (χ4n) is 3.01. The van der Waals surface area contributed by atoms with Gasteiger partial charge in [-0.15, -0.1) is 0 Å². The van der Waals surface area contributed by atoms with E-state index in [1.54, 1.807) is 7.11 Å². The van der Waals surface area contributed by atoms with Gasteiger partial charge in [-0.1, -0.05) is 54.6 Å². The molecule has 0 aliphatic heterocycles. The van der Waals surface area contributed by atoms with Gasteiger partial charge in [0.1, 0.15) is 11.6 Å². The Labute approximate surface area is 146 Å². The van der Waals surface area contributed by atoms with Gasteiger partial charge >= 0.3 is 0 Å². The number of ether oxygens (including phenoxy) is 1. The molecule has 3 heteroatoms. The van der Waals surface area contributed by atoms with Gasteiger partial charge in [-0.25, -0.2) is 4.98 Å². The molecule has 2 N–H and O–H groups in total. The number of anilines is 1. The Hall–Kier alpha value is -3.33. The van der Waals surface area contributed by atoms with E-state index in [1.807, 2.05) is 48.5 Å². The molecule has 4 rings (SSSR count). The van der Waals surface area contributed by atoms with Crippen molar-refractivity contribution in [2.45, 2.75) is 0 Å². The Morgan fingerprint density at radius 3 is 2.32 bits per heavy atom. The summed E-state index contributed by atoms with van der Waals surface area (Å²) in [5.74, 6) is 1.38. The molecule has 122 valence electrons. The fraction of sp³-hybridized carbons (Fsp3) is 0.0455. The summed E-state index contributed by atoms with van der Waals surface area (Å²) in [6.07, 6.45) is 0. The maximum atomic E-state index is 6.26. The highest BCUT2D eigenvalue weighted by atomic mass is 16.5. The summed E-state index contributed by atoms with van der Waals surface area (Å²) in [5, 5.41) is 2.04. The maximum absolute atomic E-state index is 6.26. The molecule has 0 bridgehead atoms. The number of hydrogen-bond acceptors (Lipinski definition) is 3. The molecule has 0 amide bonds. The molecule has 25 heavy (non-hydrogen) atoms. The highest BCUT2D eigenvalue weighted by Gasteiger charge is 2.08. The zero-order valence-corrected chi connectivity index (χ0v) is 13.9. The SMILES string of the molecule is COc1cccc(-c2ccc3cc(-c4ccccc4)nc(N)c3c2)c1. The van der Waals surface area contributed by atoms with Gasteiger partial charge in [-0.2, -0.15) is 0 Å². The van der Waals surface area contributed by atoms with Gasteiger partial charge in [-0.3, -0.25) is 0 Å². The zero-order valence-electron chi connectivity index (χ0n) is 13.9. The molecule has 0 fully saturated rings. The normalized spacial score (nSPS) is 10.8. The summed E-state index contributed by atoms with van der Waals surface area (Å²) in [6.45, 7) is 0. The van der Waals surface area contributed by atoms with E-state index in [0.717, 1.165) is 38.9 Å². The van der Waals surface area contributed by atoms with Crippen LogP contribution in [-0.4, -0.2) is 12.1 Å². The van der Waals surface area contributed by atoms with Crippen LogP contribution in [0.25, 0.3) is 33.2 Å². The third kappa shape index (κ3) is 2.92. The van der Waals surface area contributed by atoms with Crippen molar-refractivity contribution in [2.75, 3.05) is 12.8 Å². The van der Waals surface area contributed by atoms with Crippen LogP contribution in [0.3, 0.4) is 0 Å². The van der Waals surface area contributed by atoms with E-state index in [-0.39, 0.29) is 0 Å². The van der Waals surface area contributed by atoms with Gasteiger partial charge in [0.25, 0.3) is 0 Å². The molecule has 1 heterocycles. The van der Waals surface area contributed by atoms with Crippen molar-refractivity contribution in [3.63, 3.8) is 0 Å². The number of rotatable bonds is 3. The van der Waals surface area contributed by atoms with E-state index in [0.29, 0.717) is 5.82 Å². The minimum absolute atomic E-state index is 0.543. The van der Waals surface area contributed by atoms with Crippen LogP contribution in [-0.2, 0) is 0 Å². The van der Waals surface area contributed by atoms with E-state index >= 15 is 0 Å². The summed E-state index contributed by atoms with van der Waals surface area (Å²) in [6, 6.07) is 26.4. The first-order valence-corrected chi connectivity index (χ1v) is 8.15. The van der Waals surface area contributed by atoms with Crippen LogP contribution in [0.2, 0.25) is 0 Å². The first-order valence-electron chi connectivity index (χ1n) is 8.15. The summed E-state index contributed by atoms with van der Waals surface area (Å²) in [7, 11) is 1.67. The molecule has 0 saturated heterocycles. The van der Waals surface area contributed by atoms with E-state index in [1.165, 1.54) is 0 Å². The number of aromatic nitrogens is 1. The van der Waals surface area contributed by atoms with Crippen molar-refractivity contribution in [3.8, 4) is 28.1 Å². The highest BCUT2D eigenvalue weighted by molar-refractivity contribution is 5.96. The predicted octanol–water partition coefficient (Wildman–Crippen LogP) is 5.16. The van der Waals surface area contributed by atoms with Crippen LogP contribution in [0.5, 0.6) is 5.75 Å². The topological polar surface area (TPSA) is 48.1 Å². The zero-order chi connectivity index (χ0) is 17.2. The van der Waals surface area contributed by atoms with Crippen LogP contribution < -0.4 is 10.5 Å². The van der Waals surface area contributed by atoms with Crippen LogP contribution in [0.4, 0.5) is 5.82 Å². The lowest BCUT2D eigenvalue weighted by atomic mass is 10.0. The first kappa shape index (κ1) is 15.2. The van der Waals surface area contributed by atoms with E-state index in [2.05, 4.69) is 35.3 Å². The standard InChI is InChI=1S/C22H18N2O/c1-25-19-9-5-8-16(12-19)17-10-11-18-14-21(15-6-3-2-4-7-15)24-22(23)20(18)13-17/h2-14H,1H3,(H2,23,24). The van der Waals surface area contributed by atoms with E-state index in [4.69, 9.17) is 10.5 Å². The number of pyridine rings is 1. The fourth-order valence-corrected chi connectivity index (χ4v) is 3.01. The second kappa shape index (κ2) is 6.29. The average Bonchev–Trinajstić information content (AvgIpc) is 2.68. The Morgan fingerprint density at radius 1 is 0.760 bits per heavy atom. The molecule has 3 aromatic carbocycles. The molecule has 0 saturated carbocycles. The van der Waals surface area contributed by atoms with Gasteiger partial charge in [0.2, 0.25) is 0 Å². The van der Waals surface area contributed by atoms with Crippen molar-refractivity contribution < 1.29 is 4.74 Å². The van der Waals surface area contributed by atoms with E-state index < -0.39 is 0 Å². The third-order valence-electron chi connectivity index (χ3n) is 4.33. The van der Waals surface area contributed by atoms with Gasteiger partial charge < -0.3 is 10.5 Å². The van der Waals surface area contributed by atoms with Gasteiger partial charge in [0, 0.05) is 10.9 Å². The number of benzene rings is 3. The van der Waals surface area contributed by atoms with Crippen molar-refractivity contribution in [3.05, 3.63) is 78.9 Å². The number of fused-ring (bicyclic) bond motifs is 1. The average molecular weight is 326 g/mol. The summed E-state index contributed by atoms with van der Waals surface area (Å²) >= 11 is 0. The molecule has 3 nitrogen and oxygen atoms in total. The first-order chi connectivity index (χ1) is 12.2. The molecular formula is C22H18N2O. The van der Waals surface area contributed by atoms with Crippen molar-refractivity contribution in [1.82, 2.24) is 4.98 Å². The van der Waals surface area contributed by atoms with Crippen molar-refractivity contribution >= 4 is 16.6 Å². The second-order valence-corrected chi connectivity index (χ2v) is 5.93. The lowest BCUT2D eigenvalue weighted by molar-refractivity contribution is 0.415. The van der Waals surface area contributed by atoms with Crippen molar-refractivity contribution in [2.24, 2.45) is 0 Å². The molecule has 0 unspecified atom stereocenters. The monoisotopic (exact) mass is 326 g/mol. The molecule has 0 spiro atoms. The molecular weight excluding hydrogens is 308 g/mol. The number of nitrogens with two attached hydrogens (primary N) is 1. The molecule has 1 aromatic heterocycles. The minimum atomic E-state index is 0.543. The Morgan fingerprint density at radius 2 is 1.52 bits per heavy atom. The second-order valence-electron chi connectivity index (χ2n) is 5.93. The smallest absolute Gasteiger partial charge is 0.131 e. The lowest BCUT2D eigenvalue weighted by Crippen LogP contribution is -1.95.